The molecule has 0 radical (unpaired) electrons. The fourth-order valence-electron chi connectivity index (χ4n) is 5.56. The number of aryl methyl sites for hydroxylation is 1. The van der Waals surface area contributed by atoms with Crippen LogP contribution >= 0.6 is 0 Å². The Labute approximate surface area is 243 Å². The zero-order valence-electron chi connectivity index (χ0n) is 23.5. The van der Waals surface area contributed by atoms with E-state index in [4.69, 9.17) is 24.6 Å². The van der Waals surface area contributed by atoms with Crippen LogP contribution in [0.2, 0.25) is 0 Å². The molecule has 0 amide bonds. The van der Waals surface area contributed by atoms with Crippen LogP contribution in [-0.4, -0.2) is 40.2 Å². The molecule has 9 heteroatoms. The van der Waals surface area contributed by atoms with Crippen LogP contribution in [0.3, 0.4) is 0 Å². The Morgan fingerprint density at radius 1 is 0.881 bits per heavy atom. The lowest BCUT2D eigenvalue weighted by Crippen LogP contribution is -2.46. The first-order chi connectivity index (χ1) is 20.7. The van der Waals surface area contributed by atoms with Crippen molar-refractivity contribution in [2.45, 2.75) is 19.9 Å². The number of rotatable bonds is 6. The second-order valence-corrected chi connectivity index (χ2v) is 9.90. The predicted octanol–water partition coefficient (Wildman–Crippen LogP) is 6.78. The largest absolute Gasteiger partial charge is 0.496 e. The minimum absolute atomic E-state index is 0.296. The summed E-state index contributed by atoms with van der Waals surface area (Å²) in [5.41, 5.74) is 5.48. The van der Waals surface area contributed by atoms with Crippen molar-refractivity contribution in [2.24, 2.45) is 9.98 Å². The monoisotopic (exact) mass is 555 g/mol. The number of nitrogens with zero attached hydrogens (tertiary/aromatic N) is 6. The molecule has 4 heterocycles. The highest BCUT2D eigenvalue weighted by molar-refractivity contribution is 6.51. The molecule has 0 saturated carbocycles. The van der Waals surface area contributed by atoms with E-state index in [0.29, 0.717) is 29.9 Å². The minimum atomic E-state index is -0.296. The Hall–Kier alpha value is -5.44. The molecule has 1 unspecified atom stereocenters. The molecule has 1 N–H and O–H groups in total. The predicted molar refractivity (Wildman–Crippen MR) is 165 cm³/mol. The number of hydrogen-bond acceptors (Lipinski definition) is 8. The molecule has 0 aliphatic carbocycles. The summed E-state index contributed by atoms with van der Waals surface area (Å²) in [6, 6.07) is 29.5. The molecule has 0 bridgehead atoms. The van der Waals surface area contributed by atoms with Gasteiger partial charge in [0.25, 0.3) is 0 Å². The highest BCUT2D eigenvalue weighted by Gasteiger charge is 2.42. The summed E-state index contributed by atoms with van der Waals surface area (Å²) < 4.78 is 13.4. The van der Waals surface area contributed by atoms with Crippen LogP contribution in [0, 0.1) is 6.92 Å². The van der Waals surface area contributed by atoms with E-state index in [1.165, 1.54) is 0 Å². The number of nitrogens with one attached hydrogen (secondary N) is 1. The molecule has 208 valence electrons. The number of aliphatic imine (C=N–C) groups is 2. The highest BCUT2D eigenvalue weighted by Crippen LogP contribution is 2.49. The minimum Gasteiger partial charge on any atom is -0.496 e. The van der Waals surface area contributed by atoms with Crippen LogP contribution in [0.1, 0.15) is 29.8 Å². The number of methoxy groups -OCH3 is 1. The zero-order chi connectivity index (χ0) is 28.6. The molecule has 0 spiro atoms. The maximum absolute atomic E-state index is 5.90. The number of amidine groups is 2. The molecule has 2 aromatic heterocycles. The van der Waals surface area contributed by atoms with Gasteiger partial charge in [0.15, 0.2) is 23.3 Å². The van der Waals surface area contributed by atoms with Gasteiger partial charge in [0.05, 0.1) is 36.8 Å². The topological polar surface area (TPSA) is 89.2 Å². The number of hydrogen-bond donors (Lipinski definition) is 1. The van der Waals surface area contributed by atoms with E-state index < -0.39 is 0 Å². The maximum atomic E-state index is 5.90. The third-order valence-electron chi connectivity index (χ3n) is 7.37. The van der Waals surface area contributed by atoms with Crippen LogP contribution in [0.25, 0.3) is 5.82 Å². The van der Waals surface area contributed by atoms with Gasteiger partial charge < -0.3 is 19.7 Å². The van der Waals surface area contributed by atoms with E-state index in [1.807, 2.05) is 97.4 Å². The van der Waals surface area contributed by atoms with Crippen molar-refractivity contribution in [3.63, 3.8) is 0 Å². The lowest BCUT2D eigenvalue weighted by Gasteiger charge is -2.40. The van der Waals surface area contributed by atoms with Gasteiger partial charge in [-0.05, 0) is 68.4 Å². The fourth-order valence-corrected chi connectivity index (χ4v) is 5.56. The van der Waals surface area contributed by atoms with Crippen molar-refractivity contribution in [2.75, 3.05) is 23.9 Å². The maximum Gasteiger partial charge on any atom is 0.179 e. The lowest BCUT2D eigenvalue weighted by molar-refractivity contribution is 0.340. The van der Waals surface area contributed by atoms with Crippen molar-refractivity contribution >= 4 is 34.6 Å². The Kier molecular flexibility index (Phi) is 6.39. The van der Waals surface area contributed by atoms with Crippen LogP contribution in [0.5, 0.6) is 11.5 Å². The summed E-state index contributed by atoms with van der Waals surface area (Å²) in [4.78, 5) is 17.1. The van der Waals surface area contributed by atoms with Gasteiger partial charge in [0.1, 0.15) is 11.5 Å². The summed E-state index contributed by atoms with van der Waals surface area (Å²) in [6.07, 6.45) is 1.76. The van der Waals surface area contributed by atoms with Gasteiger partial charge in [-0.1, -0.05) is 36.4 Å². The van der Waals surface area contributed by atoms with E-state index in [2.05, 4.69) is 27.3 Å². The van der Waals surface area contributed by atoms with Gasteiger partial charge in [-0.25, -0.2) is 15.0 Å². The zero-order valence-corrected chi connectivity index (χ0v) is 23.5. The van der Waals surface area contributed by atoms with Gasteiger partial charge in [-0.2, -0.15) is 9.78 Å². The smallest absolute Gasteiger partial charge is 0.179 e. The van der Waals surface area contributed by atoms with Crippen LogP contribution < -0.4 is 19.7 Å². The SMILES string of the molecule is CCOc1ccc(NC2=Nc3ccccc3N3C2=Nc2c(c(C)nn2-c2ccccn2)C3c2ccccc2OC)cc1. The number of aromatic nitrogens is 3. The average Bonchev–Trinajstić information content (AvgIpc) is 3.37. The average molecular weight is 556 g/mol. The van der Waals surface area contributed by atoms with E-state index in [9.17, 15) is 0 Å². The Balaban J connectivity index is 1.46. The second kappa shape index (κ2) is 10.5. The van der Waals surface area contributed by atoms with Crippen molar-refractivity contribution in [3.8, 4) is 17.3 Å². The van der Waals surface area contributed by atoms with E-state index >= 15 is 0 Å². The van der Waals surface area contributed by atoms with E-state index in [-0.39, 0.29) is 6.04 Å². The number of benzene rings is 3. The van der Waals surface area contributed by atoms with Crippen LogP contribution in [0.15, 0.2) is 107 Å². The number of anilines is 2. The summed E-state index contributed by atoms with van der Waals surface area (Å²) in [5, 5.41) is 8.48. The van der Waals surface area contributed by atoms with Crippen LogP contribution in [-0.2, 0) is 0 Å². The molecule has 0 saturated heterocycles. The van der Waals surface area contributed by atoms with Gasteiger partial charge in [0, 0.05) is 23.0 Å². The van der Waals surface area contributed by atoms with Gasteiger partial charge >= 0.3 is 0 Å². The lowest BCUT2D eigenvalue weighted by atomic mass is 9.92. The molecule has 1 atom stereocenters. The van der Waals surface area contributed by atoms with Crippen molar-refractivity contribution in [1.29, 1.82) is 0 Å². The molecule has 2 aliphatic heterocycles. The van der Waals surface area contributed by atoms with Crippen LogP contribution in [0.4, 0.5) is 22.9 Å². The molecule has 7 rings (SSSR count). The molecular formula is C33H29N7O2. The molecule has 3 aromatic carbocycles. The molecule has 0 fully saturated rings. The third kappa shape index (κ3) is 4.26. The Morgan fingerprint density at radius 2 is 1.67 bits per heavy atom. The first kappa shape index (κ1) is 25.5. The molecule has 2 aliphatic rings. The van der Waals surface area contributed by atoms with Gasteiger partial charge in [-0.3, -0.25) is 0 Å². The quantitative estimate of drug-likeness (QED) is 0.249. The summed E-state index contributed by atoms with van der Waals surface area (Å²) in [5.74, 6) is 4.27. The third-order valence-corrected chi connectivity index (χ3v) is 7.37. The standard InChI is InChI=1S/C33H29N7O2/c1-4-42-23-18-16-22(17-19-23)35-31-33-37-32-29(21(2)38-40(32)28-15-9-10-20-34-28)30(24-11-5-8-14-27(24)41-3)39(33)26-13-7-6-12-25(26)36-31/h5-20,30H,4H2,1-3H3,(H,35,36). The van der Waals surface area contributed by atoms with E-state index in [1.54, 1.807) is 13.3 Å². The molecular weight excluding hydrogens is 526 g/mol. The van der Waals surface area contributed by atoms with E-state index in [0.717, 1.165) is 45.4 Å². The van der Waals surface area contributed by atoms with Crippen molar-refractivity contribution < 1.29 is 9.47 Å². The van der Waals surface area contributed by atoms with Gasteiger partial charge in [-0.15, -0.1) is 0 Å². The number of pyridine rings is 1. The first-order valence-electron chi connectivity index (χ1n) is 13.9. The number of fused-ring (bicyclic) bond motifs is 4. The number of para-hydroxylation sites is 3. The summed E-state index contributed by atoms with van der Waals surface area (Å²) in [7, 11) is 1.70. The molecule has 9 nitrogen and oxygen atoms in total. The van der Waals surface area contributed by atoms with Gasteiger partial charge in [0.2, 0.25) is 0 Å². The first-order valence-corrected chi connectivity index (χ1v) is 13.9. The summed E-state index contributed by atoms with van der Waals surface area (Å²) >= 11 is 0. The van der Waals surface area contributed by atoms with Crippen molar-refractivity contribution in [3.05, 3.63) is 114 Å². The molecule has 42 heavy (non-hydrogen) atoms. The fraction of sp³-hybridized carbons (Fsp3) is 0.152. The van der Waals surface area contributed by atoms with Crippen molar-refractivity contribution in [1.82, 2.24) is 14.8 Å². The number of ether oxygens (including phenoxy) is 2. The Bertz CT molecular complexity index is 1830. The Morgan fingerprint density at radius 3 is 2.45 bits per heavy atom. The second-order valence-electron chi connectivity index (χ2n) is 9.90. The summed E-state index contributed by atoms with van der Waals surface area (Å²) in [6.45, 7) is 4.60. The normalized spacial score (nSPS) is 15.1. The molecule has 5 aromatic rings. The highest BCUT2D eigenvalue weighted by atomic mass is 16.5.